The number of aromatic nitrogens is 2. The van der Waals surface area contributed by atoms with Gasteiger partial charge in [-0.3, -0.25) is 14.3 Å². The number of unbranched alkanes of at least 4 members (excludes halogenated alkanes) is 1. The molecule has 0 bridgehead atoms. The molecule has 0 aromatic carbocycles. The van der Waals surface area contributed by atoms with E-state index < -0.39 is 6.04 Å². The lowest BCUT2D eigenvalue weighted by Gasteiger charge is -2.34. The van der Waals surface area contributed by atoms with Crippen LogP contribution in [0.2, 0.25) is 0 Å². The highest BCUT2D eigenvalue weighted by Crippen LogP contribution is 2.24. The van der Waals surface area contributed by atoms with Gasteiger partial charge >= 0.3 is 0 Å². The summed E-state index contributed by atoms with van der Waals surface area (Å²) in [6.45, 7) is 6.82. The molecule has 2 amide bonds. The Morgan fingerprint density at radius 2 is 2.19 bits per heavy atom. The fourth-order valence-electron chi connectivity index (χ4n) is 3.84. The summed E-state index contributed by atoms with van der Waals surface area (Å²) in [6, 6.07) is -0.610. The molecule has 3 heterocycles. The predicted octanol–water partition coefficient (Wildman–Crippen LogP) is -0.102. The quantitative estimate of drug-likeness (QED) is 0.560. The van der Waals surface area contributed by atoms with E-state index >= 15 is 0 Å². The highest BCUT2D eigenvalue weighted by molar-refractivity contribution is 5.97. The van der Waals surface area contributed by atoms with Crippen molar-refractivity contribution >= 4 is 11.8 Å². The number of rotatable bonds is 8. The van der Waals surface area contributed by atoms with Gasteiger partial charge in [0.05, 0.1) is 5.69 Å². The maximum absolute atomic E-state index is 12.7. The second-order valence-electron chi connectivity index (χ2n) is 7.26. The van der Waals surface area contributed by atoms with Crippen molar-refractivity contribution < 1.29 is 9.59 Å². The van der Waals surface area contributed by atoms with Gasteiger partial charge in [-0.1, -0.05) is 0 Å². The number of carbonyl (C=O) groups is 2. The molecule has 2 saturated heterocycles. The van der Waals surface area contributed by atoms with Crippen molar-refractivity contribution in [2.75, 3.05) is 13.1 Å². The number of nitrogens with zero attached hydrogens (tertiary/aromatic N) is 3. The SMILES string of the molecule is CCn1cc(CN[C@H]2C[C@H]3C(=O)N[C@@H](CCCCN)C(=O)N3C2)c(C)n1. The Balaban J connectivity index is 1.56. The lowest BCUT2D eigenvalue weighted by Crippen LogP contribution is -2.61. The van der Waals surface area contributed by atoms with Crippen LogP contribution in [0, 0.1) is 6.92 Å². The van der Waals surface area contributed by atoms with Crippen LogP contribution < -0.4 is 16.4 Å². The number of piperazine rings is 1. The summed E-state index contributed by atoms with van der Waals surface area (Å²) in [5.41, 5.74) is 7.69. The van der Waals surface area contributed by atoms with Crippen LogP contribution in [-0.4, -0.2) is 57.7 Å². The molecule has 144 valence electrons. The minimum absolute atomic E-state index is 0.0263. The van der Waals surface area contributed by atoms with Gasteiger partial charge in [0.1, 0.15) is 12.1 Å². The van der Waals surface area contributed by atoms with Crippen LogP contribution >= 0.6 is 0 Å². The fourth-order valence-corrected chi connectivity index (χ4v) is 3.84. The third-order valence-corrected chi connectivity index (χ3v) is 5.40. The number of carbonyl (C=O) groups excluding carboxylic acids is 2. The first-order chi connectivity index (χ1) is 12.5. The minimum Gasteiger partial charge on any atom is -0.343 e. The smallest absolute Gasteiger partial charge is 0.245 e. The van der Waals surface area contributed by atoms with Gasteiger partial charge in [-0.05, 0) is 46.1 Å². The van der Waals surface area contributed by atoms with Crippen molar-refractivity contribution in [3.8, 4) is 0 Å². The Kier molecular flexibility index (Phi) is 5.93. The third-order valence-electron chi connectivity index (χ3n) is 5.40. The predicted molar refractivity (Wildman–Crippen MR) is 98.2 cm³/mol. The first-order valence-electron chi connectivity index (χ1n) is 9.60. The first kappa shape index (κ1) is 18.8. The summed E-state index contributed by atoms with van der Waals surface area (Å²) in [5.74, 6) is 0.0209. The summed E-state index contributed by atoms with van der Waals surface area (Å²) < 4.78 is 1.92. The van der Waals surface area contributed by atoms with Crippen molar-refractivity contribution in [2.24, 2.45) is 5.73 Å². The topological polar surface area (TPSA) is 105 Å². The number of hydrogen-bond donors (Lipinski definition) is 3. The molecule has 1 aromatic heterocycles. The van der Waals surface area contributed by atoms with Gasteiger partial charge in [0.15, 0.2) is 0 Å². The number of nitrogens with one attached hydrogen (secondary N) is 2. The van der Waals surface area contributed by atoms with Crippen molar-refractivity contribution in [2.45, 2.75) is 70.7 Å². The van der Waals surface area contributed by atoms with Crippen LogP contribution in [0.15, 0.2) is 6.20 Å². The second kappa shape index (κ2) is 8.18. The fraction of sp³-hybridized carbons (Fsp3) is 0.722. The van der Waals surface area contributed by atoms with E-state index in [1.807, 2.05) is 11.6 Å². The van der Waals surface area contributed by atoms with Gasteiger partial charge in [0, 0.05) is 37.4 Å². The maximum Gasteiger partial charge on any atom is 0.245 e. The van der Waals surface area contributed by atoms with E-state index in [1.165, 1.54) is 0 Å². The lowest BCUT2D eigenvalue weighted by atomic mass is 10.0. The second-order valence-corrected chi connectivity index (χ2v) is 7.26. The Morgan fingerprint density at radius 3 is 2.88 bits per heavy atom. The van der Waals surface area contributed by atoms with Crippen molar-refractivity contribution in [1.29, 1.82) is 0 Å². The summed E-state index contributed by atoms with van der Waals surface area (Å²) in [6.07, 6.45) is 5.11. The van der Waals surface area contributed by atoms with Crippen molar-refractivity contribution in [3.63, 3.8) is 0 Å². The molecule has 2 aliphatic heterocycles. The number of aryl methyl sites for hydroxylation is 2. The third kappa shape index (κ3) is 3.91. The van der Waals surface area contributed by atoms with Crippen LogP contribution in [0.5, 0.6) is 0 Å². The highest BCUT2D eigenvalue weighted by atomic mass is 16.2. The molecule has 0 unspecified atom stereocenters. The number of amides is 2. The Bertz CT molecular complexity index is 658. The Hall–Kier alpha value is -1.93. The highest BCUT2D eigenvalue weighted by Gasteiger charge is 2.45. The molecule has 0 saturated carbocycles. The minimum atomic E-state index is -0.394. The van der Waals surface area contributed by atoms with Crippen molar-refractivity contribution in [1.82, 2.24) is 25.3 Å². The van der Waals surface area contributed by atoms with Gasteiger partial charge in [-0.2, -0.15) is 5.10 Å². The van der Waals surface area contributed by atoms with E-state index in [9.17, 15) is 9.59 Å². The van der Waals surface area contributed by atoms with Crippen molar-refractivity contribution in [3.05, 3.63) is 17.5 Å². The molecular weight excluding hydrogens is 332 g/mol. The van der Waals surface area contributed by atoms with Crippen LogP contribution in [0.1, 0.15) is 43.9 Å². The monoisotopic (exact) mass is 362 g/mol. The summed E-state index contributed by atoms with van der Waals surface area (Å²) in [4.78, 5) is 26.9. The summed E-state index contributed by atoms with van der Waals surface area (Å²) >= 11 is 0. The first-order valence-corrected chi connectivity index (χ1v) is 9.60. The van der Waals surface area contributed by atoms with E-state index in [0.29, 0.717) is 32.5 Å². The molecule has 4 N–H and O–H groups in total. The molecule has 26 heavy (non-hydrogen) atoms. The van der Waals surface area contributed by atoms with Gasteiger partial charge < -0.3 is 21.3 Å². The van der Waals surface area contributed by atoms with Crippen LogP contribution in [0.3, 0.4) is 0 Å². The average molecular weight is 362 g/mol. The molecule has 0 spiro atoms. The Morgan fingerprint density at radius 1 is 1.38 bits per heavy atom. The van der Waals surface area contributed by atoms with E-state index in [-0.39, 0.29) is 23.9 Å². The zero-order valence-electron chi connectivity index (χ0n) is 15.7. The van der Waals surface area contributed by atoms with E-state index in [2.05, 4.69) is 28.9 Å². The van der Waals surface area contributed by atoms with Crippen LogP contribution in [-0.2, 0) is 22.7 Å². The summed E-state index contributed by atoms with van der Waals surface area (Å²) in [7, 11) is 0. The molecule has 2 fully saturated rings. The van der Waals surface area contributed by atoms with Gasteiger partial charge in [-0.25, -0.2) is 0 Å². The number of nitrogens with two attached hydrogens (primary N) is 1. The maximum atomic E-state index is 12.7. The molecule has 0 radical (unpaired) electrons. The van der Waals surface area contributed by atoms with Crippen LogP contribution in [0.25, 0.3) is 0 Å². The molecule has 8 nitrogen and oxygen atoms in total. The normalized spacial score (nSPS) is 25.5. The van der Waals surface area contributed by atoms with Crippen LogP contribution in [0.4, 0.5) is 0 Å². The molecule has 0 aliphatic carbocycles. The molecule has 3 rings (SSSR count). The zero-order valence-corrected chi connectivity index (χ0v) is 15.7. The van der Waals surface area contributed by atoms with Gasteiger partial charge in [0.2, 0.25) is 11.8 Å². The number of fused-ring (bicyclic) bond motifs is 1. The molecular formula is C18H30N6O2. The van der Waals surface area contributed by atoms with E-state index in [0.717, 1.165) is 30.6 Å². The van der Waals surface area contributed by atoms with E-state index in [1.54, 1.807) is 4.90 Å². The zero-order chi connectivity index (χ0) is 18.7. The van der Waals surface area contributed by atoms with E-state index in [4.69, 9.17) is 5.73 Å². The van der Waals surface area contributed by atoms with Gasteiger partial charge in [-0.15, -0.1) is 0 Å². The lowest BCUT2D eigenvalue weighted by molar-refractivity contribution is -0.147. The standard InChI is InChI=1S/C18H30N6O2/c1-3-23-10-13(12(2)22-23)9-20-14-8-16-17(25)21-15(6-4-5-7-19)18(26)24(16)11-14/h10,14-16,20H,3-9,11,19H2,1-2H3,(H,21,25)/t14-,15-,16-/m0/s1. The largest absolute Gasteiger partial charge is 0.343 e. The summed E-state index contributed by atoms with van der Waals surface area (Å²) in [5, 5.41) is 10.9. The number of hydrogen-bond acceptors (Lipinski definition) is 5. The van der Waals surface area contributed by atoms with Gasteiger partial charge in [0.25, 0.3) is 0 Å². The molecule has 3 atom stereocenters. The molecule has 1 aromatic rings. The average Bonchev–Trinajstić information content (AvgIpc) is 3.21. The molecule has 2 aliphatic rings. The molecule has 8 heteroatoms. The Labute approximate surface area is 154 Å².